The van der Waals surface area contributed by atoms with E-state index in [2.05, 4.69) is 28.0 Å². The predicted molar refractivity (Wildman–Crippen MR) is 126 cm³/mol. The molecular weight excluding hydrogens is 416 g/mol. The summed E-state index contributed by atoms with van der Waals surface area (Å²) in [6, 6.07) is 5.57. The Morgan fingerprint density at radius 3 is 2.64 bits per heavy atom. The van der Waals surface area contributed by atoms with Gasteiger partial charge in [-0.3, -0.25) is 9.69 Å². The smallest absolute Gasteiger partial charge is 0.255 e. The summed E-state index contributed by atoms with van der Waals surface area (Å²) in [5, 5.41) is 24.3. The average Bonchev–Trinajstić information content (AvgIpc) is 3.11. The second-order valence-electron chi connectivity index (χ2n) is 8.34. The molecule has 0 atom stereocenters. The Labute approximate surface area is 193 Å². The molecule has 170 valence electrons. The quantitative estimate of drug-likeness (QED) is 0.760. The monoisotopic (exact) mass is 444 g/mol. The molecule has 2 aromatic rings. The molecule has 1 saturated heterocycles. The van der Waals surface area contributed by atoms with Crippen LogP contribution in [0.5, 0.6) is 5.88 Å². The third-order valence-electron chi connectivity index (χ3n) is 6.09. The second kappa shape index (κ2) is 9.84. The molecular formula is C25H28N6O2. The molecule has 1 aliphatic carbocycles. The van der Waals surface area contributed by atoms with Crippen LogP contribution in [-0.2, 0) is 0 Å². The van der Waals surface area contributed by atoms with Gasteiger partial charge in [0.2, 0.25) is 5.88 Å². The van der Waals surface area contributed by atoms with Gasteiger partial charge in [-0.1, -0.05) is 24.6 Å². The number of pyridine rings is 1. The number of aromatic hydroxyl groups is 1. The first-order valence-corrected chi connectivity index (χ1v) is 11.2. The molecule has 1 amide bonds. The zero-order valence-corrected chi connectivity index (χ0v) is 19.0. The van der Waals surface area contributed by atoms with Crippen LogP contribution in [0.15, 0.2) is 53.9 Å². The van der Waals surface area contributed by atoms with E-state index in [-0.39, 0.29) is 11.8 Å². The third-order valence-corrected chi connectivity index (χ3v) is 6.09. The van der Waals surface area contributed by atoms with Gasteiger partial charge in [0, 0.05) is 37.9 Å². The number of nitrogens with zero attached hydrogens (tertiary/aromatic N) is 6. The summed E-state index contributed by atoms with van der Waals surface area (Å²) >= 11 is 0. The van der Waals surface area contributed by atoms with Gasteiger partial charge in [0.25, 0.3) is 5.91 Å². The number of nitriles is 1. The van der Waals surface area contributed by atoms with E-state index in [9.17, 15) is 9.90 Å². The standard InChI is InChI=1S/C25H28N6O2/c1-3-10-29-11-13-30(14-12-29)24(32)20-7-9-23(27-16-20)31-25(33)22(17-28-31)21-8-6-19(15-26)5-4-18(21)2/h5-9,16-17,33H,3-4,10-14H2,1-2H3. The van der Waals surface area contributed by atoms with E-state index in [1.807, 2.05) is 24.0 Å². The molecule has 0 radical (unpaired) electrons. The highest BCUT2D eigenvalue weighted by Crippen LogP contribution is 2.32. The minimum Gasteiger partial charge on any atom is -0.493 e. The first kappa shape index (κ1) is 22.5. The second-order valence-corrected chi connectivity index (χ2v) is 8.34. The number of allylic oxidation sites excluding steroid dienone is 6. The van der Waals surface area contributed by atoms with Gasteiger partial charge in [-0.15, -0.1) is 0 Å². The molecule has 3 heterocycles. The molecule has 0 aromatic carbocycles. The van der Waals surface area contributed by atoms with E-state index in [4.69, 9.17) is 5.26 Å². The number of piperazine rings is 1. The molecule has 1 aliphatic heterocycles. The Kier molecular flexibility index (Phi) is 6.71. The number of carbonyl (C=O) groups excluding carboxylic acids is 1. The van der Waals surface area contributed by atoms with Crippen LogP contribution in [0.3, 0.4) is 0 Å². The van der Waals surface area contributed by atoms with Crippen molar-refractivity contribution < 1.29 is 9.90 Å². The fourth-order valence-corrected chi connectivity index (χ4v) is 4.17. The third kappa shape index (κ3) is 4.73. The fourth-order valence-electron chi connectivity index (χ4n) is 4.17. The molecule has 0 unspecified atom stereocenters. The van der Waals surface area contributed by atoms with Crippen molar-refractivity contribution in [1.29, 1.82) is 5.26 Å². The van der Waals surface area contributed by atoms with E-state index in [0.29, 0.717) is 42.0 Å². The summed E-state index contributed by atoms with van der Waals surface area (Å²) in [5.74, 6) is 0.364. The Hall–Kier alpha value is -3.70. The van der Waals surface area contributed by atoms with Crippen LogP contribution in [0.2, 0.25) is 0 Å². The van der Waals surface area contributed by atoms with Gasteiger partial charge < -0.3 is 10.0 Å². The Bertz CT molecular complexity index is 1160. The summed E-state index contributed by atoms with van der Waals surface area (Å²) in [5.41, 5.74) is 3.54. The lowest BCUT2D eigenvalue weighted by atomic mass is 10.0. The molecule has 2 aromatic heterocycles. The topological polar surface area (TPSA) is 98.3 Å². The number of hydrogen-bond acceptors (Lipinski definition) is 6. The van der Waals surface area contributed by atoms with Crippen LogP contribution in [0.25, 0.3) is 11.4 Å². The number of aromatic nitrogens is 3. The molecule has 0 saturated carbocycles. The highest BCUT2D eigenvalue weighted by Gasteiger charge is 2.22. The molecule has 8 heteroatoms. The Balaban J connectivity index is 1.50. The number of amides is 1. The van der Waals surface area contributed by atoms with E-state index >= 15 is 0 Å². The van der Waals surface area contributed by atoms with Gasteiger partial charge in [0.05, 0.1) is 23.4 Å². The zero-order chi connectivity index (χ0) is 23.4. The van der Waals surface area contributed by atoms with E-state index in [0.717, 1.165) is 37.2 Å². The van der Waals surface area contributed by atoms with Crippen molar-refractivity contribution in [3.63, 3.8) is 0 Å². The van der Waals surface area contributed by atoms with Crippen LogP contribution in [0, 0.1) is 11.3 Å². The Morgan fingerprint density at radius 1 is 1.18 bits per heavy atom. The molecule has 8 nitrogen and oxygen atoms in total. The van der Waals surface area contributed by atoms with E-state index < -0.39 is 0 Å². The lowest BCUT2D eigenvalue weighted by Crippen LogP contribution is -2.48. The van der Waals surface area contributed by atoms with Crippen LogP contribution in [0.4, 0.5) is 0 Å². The summed E-state index contributed by atoms with van der Waals surface area (Å²) < 4.78 is 1.35. The highest BCUT2D eigenvalue weighted by molar-refractivity contribution is 5.94. The molecule has 2 aliphatic rings. The minimum atomic E-state index is -0.0342. The SMILES string of the molecule is CCCN1CCN(C(=O)c2ccc(-n3ncc(C4=C(C)CC=C(C#N)C=C4)c3O)nc2)CC1. The van der Waals surface area contributed by atoms with Crippen molar-refractivity contribution in [2.24, 2.45) is 0 Å². The number of hydrogen-bond donors (Lipinski definition) is 1. The van der Waals surface area contributed by atoms with Gasteiger partial charge in [0.1, 0.15) is 0 Å². The average molecular weight is 445 g/mol. The van der Waals surface area contributed by atoms with Crippen molar-refractivity contribution in [2.75, 3.05) is 32.7 Å². The molecule has 1 fully saturated rings. The number of rotatable bonds is 5. The van der Waals surface area contributed by atoms with Crippen LogP contribution < -0.4 is 0 Å². The maximum Gasteiger partial charge on any atom is 0.255 e. The van der Waals surface area contributed by atoms with Crippen molar-refractivity contribution in [2.45, 2.75) is 26.7 Å². The summed E-state index contributed by atoms with van der Waals surface area (Å²) in [7, 11) is 0. The van der Waals surface area contributed by atoms with Crippen LogP contribution in [-0.4, -0.2) is 68.3 Å². The summed E-state index contributed by atoms with van der Waals surface area (Å²) in [6.07, 6.45) is 10.3. The van der Waals surface area contributed by atoms with Gasteiger partial charge in [0.15, 0.2) is 5.82 Å². The molecule has 0 bridgehead atoms. The van der Waals surface area contributed by atoms with Crippen molar-refractivity contribution in [1.82, 2.24) is 24.6 Å². The largest absolute Gasteiger partial charge is 0.493 e. The number of carbonyl (C=O) groups is 1. The van der Waals surface area contributed by atoms with Gasteiger partial charge in [-0.2, -0.15) is 15.0 Å². The lowest BCUT2D eigenvalue weighted by Gasteiger charge is -2.34. The normalized spacial score (nSPS) is 17.0. The fraction of sp³-hybridized carbons (Fsp3) is 0.360. The van der Waals surface area contributed by atoms with Gasteiger partial charge in [-0.25, -0.2) is 4.98 Å². The first-order valence-electron chi connectivity index (χ1n) is 11.2. The van der Waals surface area contributed by atoms with Crippen molar-refractivity contribution in [3.8, 4) is 17.8 Å². The van der Waals surface area contributed by atoms with Crippen LogP contribution >= 0.6 is 0 Å². The van der Waals surface area contributed by atoms with Gasteiger partial charge in [-0.05, 0) is 50.1 Å². The molecule has 33 heavy (non-hydrogen) atoms. The molecule has 0 spiro atoms. The lowest BCUT2D eigenvalue weighted by molar-refractivity contribution is 0.0637. The summed E-state index contributed by atoms with van der Waals surface area (Å²) in [6.45, 7) is 8.42. The highest BCUT2D eigenvalue weighted by atomic mass is 16.3. The minimum absolute atomic E-state index is 0.0271. The first-order chi connectivity index (χ1) is 16.0. The summed E-state index contributed by atoms with van der Waals surface area (Å²) in [4.78, 5) is 21.5. The van der Waals surface area contributed by atoms with E-state index in [1.165, 1.54) is 10.9 Å². The van der Waals surface area contributed by atoms with Gasteiger partial charge >= 0.3 is 0 Å². The van der Waals surface area contributed by atoms with E-state index in [1.54, 1.807) is 24.4 Å². The maximum atomic E-state index is 12.9. The predicted octanol–water partition coefficient (Wildman–Crippen LogP) is 3.32. The molecule has 4 rings (SSSR count). The Morgan fingerprint density at radius 2 is 1.97 bits per heavy atom. The molecule has 1 N–H and O–H groups in total. The van der Waals surface area contributed by atoms with Crippen LogP contribution in [0.1, 0.15) is 42.6 Å². The van der Waals surface area contributed by atoms with Crippen molar-refractivity contribution in [3.05, 3.63) is 65.0 Å². The van der Waals surface area contributed by atoms with Crippen molar-refractivity contribution >= 4 is 11.5 Å². The zero-order valence-electron chi connectivity index (χ0n) is 19.0. The maximum absolute atomic E-state index is 12.9.